The van der Waals surface area contributed by atoms with Crippen molar-refractivity contribution in [3.05, 3.63) is 59.4 Å². The van der Waals surface area contributed by atoms with E-state index in [1.807, 2.05) is 38.1 Å². The summed E-state index contributed by atoms with van der Waals surface area (Å²) >= 11 is 3.55. The second kappa shape index (κ2) is 6.94. The Kier molecular flexibility index (Phi) is 5.23. The number of halogens is 2. The fraction of sp³-hybridized carbons (Fsp3) is 0.294. The van der Waals surface area contributed by atoms with Crippen LogP contribution in [0.2, 0.25) is 0 Å². The van der Waals surface area contributed by atoms with Crippen LogP contribution in [-0.2, 0) is 0 Å². The van der Waals surface area contributed by atoms with E-state index in [-0.39, 0.29) is 16.7 Å². The molecular weight excluding hydrogens is 335 g/mol. The number of methoxy groups -OCH3 is 1. The van der Waals surface area contributed by atoms with Crippen molar-refractivity contribution in [1.29, 1.82) is 0 Å². The summed E-state index contributed by atoms with van der Waals surface area (Å²) in [5.74, 6) is 1.03. The highest BCUT2D eigenvalue weighted by Gasteiger charge is 2.19. The SMILES string of the molecule is COc1cccc(F)c1C(Br)c1ccc(OC(C)C)cc1. The number of benzene rings is 2. The lowest BCUT2D eigenvalue weighted by Gasteiger charge is -2.16. The molecule has 21 heavy (non-hydrogen) atoms. The quantitative estimate of drug-likeness (QED) is 0.696. The van der Waals surface area contributed by atoms with E-state index >= 15 is 0 Å². The van der Waals surface area contributed by atoms with Crippen molar-refractivity contribution in [3.8, 4) is 11.5 Å². The van der Waals surface area contributed by atoms with Gasteiger partial charge in [0.15, 0.2) is 0 Å². The van der Waals surface area contributed by atoms with Gasteiger partial charge in [-0.2, -0.15) is 0 Å². The molecule has 2 aromatic rings. The molecule has 0 heterocycles. The van der Waals surface area contributed by atoms with Gasteiger partial charge in [-0.1, -0.05) is 34.1 Å². The molecule has 0 aliphatic heterocycles. The van der Waals surface area contributed by atoms with E-state index in [0.29, 0.717) is 11.3 Å². The summed E-state index contributed by atoms with van der Waals surface area (Å²) in [7, 11) is 1.54. The fourth-order valence-electron chi connectivity index (χ4n) is 2.10. The van der Waals surface area contributed by atoms with Gasteiger partial charge >= 0.3 is 0 Å². The van der Waals surface area contributed by atoms with Gasteiger partial charge in [0, 0.05) is 5.56 Å². The highest BCUT2D eigenvalue weighted by Crippen LogP contribution is 2.38. The van der Waals surface area contributed by atoms with Crippen LogP contribution in [0.5, 0.6) is 11.5 Å². The average molecular weight is 353 g/mol. The average Bonchev–Trinajstić information content (AvgIpc) is 2.46. The van der Waals surface area contributed by atoms with Crippen molar-refractivity contribution in [2.45, 2.75) is 24.8 Å². The molecule has 0 aliphatic carbocycles. The third kappa shape index (κ3) is 3.76. The Morgan fingerprint density at radius 2 is 1.71 bits per heavy atom. The van der Waals surface area contributed by atoms with Crippen LogP contribution in [0, 0.1) is 5.82 Å². The number of hydrogen-bond acceptors (Lipinski definition) is 2. The maximum Gasteiger partial charge on any atom is 0.131 e. The smallest absolute Gasteiger partial charge is 0.131 e. The Bertz CT molecular complexity index is 596. The lowest BCUT2D eigenvalue weighted by Crippen LogP contribution is -2.05. The van der Waals surface area contributed by atoms with Crippen molar-refractivity contribution < 1.29 is 13.9 Å². The standard InChI is InChI=1S/C17H18BrFO2/c1-11(2)21-13-9-7-12(8-10-13)17(18)16-14(19)5-4-6-15(16)20-3/h4-11,17H,1-3H3. The van der Waals surface area contributed by atoms with E-state index in [0.717, 1.165) is 11.3 Å². The zero-order valence-electron chi connectivity index (χ0n) is 12.3. The van der Waals surface area contributed by atoms with Crippen LogP contribution in [-0.4, -0.2) is 13.2 Å². The first kappa shape index (κ1) is 15.8. The first-order chi connectivity index (χ1) is 10.0. The molecule has 112 valence electrons. The van der Waals surface area contributed by atoms with E-state index in [2.05, 4.69) is 15.9 Å². The van der Waals surface area contributed by atoms with Gasteiger partial charge in [0.05, 0.1) is 18.0 Å². The van der Waals surface area contributed by atoms with Crippen molar-refractivity contribution in [2.24, 2.45) is 0 Å². The molecule has 2 rings (SSSR count). The van der Waals surface area contributed by atoms with Crippen LogP contribution in [0.25, 0.3) is 0 Å². The molecule has 0 fully saturated rings. The van der Waals surface area contributed by atoms with Gasteiger partial charge in [-0.3, -0.25) is 0 Å². The predicted octanol–water partition coefficient (Wildman–Crippen LogP) is 5.11. The number of rotatable bonds is 5. The zero-order chi connectivity index (χ0) is 15.4. The van der Waals surface area contributed by atoms with Gasteiger partial charge < -0.3 is 9.47 Å². The molecule has 0 saturated heterocycles. The molecule has 2 nitrogen and oxygen atoms in total. The summed E-state index contributed by atoms with van der Waals surface area (Å²) in [4.78, 5) is -0.276. The monoisotopic (exact) mass is 352 g/mol. The normalized spacial score (nSPS) is 12.3. The second-order valence-electron chi connectivity index (χ2n) is 4.95. The summed E-state index contributed by atoms with van der Waals surface area (Å²) in [6.45, 7) is 3.96. The van der Waals surface area contributed by atoms with Crippen molar-refractivity contribution in [3.63, 3.8) is 0 Å². The minimum absolute atomic E-state index is 0.127. The third-order valence-electron chi connectivity index (χ3n) is 3.03. The molecule has 0 radical (unpaired) electrons. The van der Waals surface area contributed by atoms with Gasteiger partial charge in [-0.05, 0) is 43.7 Å². The van der Waals surface area contributed by atoms with Gasteiger partial charge in [0.1, 0.15) is 17.3 Å². The van der Waals surface area contributed by atoms with Gasteiger partial charge in [0.2, 0.25) is 0 Å². The Hall–Kier alpha value is -1.55. The fourth-order valence-corrected chi connectivity index (χ4v) is 2.84. The summed E-state index contributed by atoms with van der Waals surface area (Å²) in [5, 5.41) is 0. The Labute approximate surface area is 133 Å². The molecule has 0 N–H and O–H groups in total. The molecule has 2 aromatic carbocycles. The van der Waals surface area contributed by atoms with Crippen LogP contribution in [0.3, 0.4) is 0 Å². The molecule has 0 saturated carbocycles. The number of hydrogen-bond donors (Lipinski definition) is 0. The van der Waals surface area contributed by atoms with E-state index in [9.17, 15) is 4.39 Å². The maximum absolute atomic E-state index is 14.1. The highest BCUT2D eigenvalue weighted by atomic mass is 79.9. The molecule has 0 aromatic heterocycles. The number of ether oxygens (including phenoxy) is 2. The topological polar surface area (TPSA) is 18.5 Å². The van der Waals surface area contributed by atoms with Crippen molar-refractivity contribution in [2.75, 3.05) is 7.11 Å². The zero-order valence-corrected chi connectivity index (χ0v) is 13.9. The maximum atomic E-state index is 14.1. The lowest BCUT2D eigenvalue weighted by molar-refractivity contribution is 0.242. The van der Waals surface area contributed by atoms with Gasteiger partial charge in [-0.25, -0.2) is 4.39 Å². The number of alkyl halides is 1. The van der Waals surface area contributed by atoms with E-state index in [1.165, 1.54) is 13.2 Å². The minimum Gasteiger partial charge on any atom is -0.496 e. The largest absolute Gasteiger partial charge is 0.496 e. The molecule has 1 atom stereocenters. The van der Waals surface area contributed by atoms with E-state index in [4.69, 9.17) is 9.47 Å². The van der Waals surface area contributed by atoms with Crippen LogP contribution in [0.4, 0.5) is 4.39 Å². The highest BCUT2D eigenvalue weighted by molar-refractivity contribution is 9.09. The second-order valence-corrected chi connectivity index (χ2v) is 5.87. The Morgan fingerprint density at radius 1 is 1.05 bits per heavy atom. The Balaban J connectivity index is 2.30. The minimum atomic E-state index is -0.293. The van der Waals surface area contributed by atoms with Crippen molar-refractivity contribution in [1.82, 2.24) is 0 Å². The van der Waals surface area contributed by atoms with E-state index < -0.39 is 0 Å². The van der Waals surface area contributed by atoms with Crippen molar-refractivity contribution >= 4 is 15.9 Å². The predicted molar refractivity (Wildman–Crippen MR) is 85.9 cm³/mol. The first-order valence-electron chi connectivity index (χ1n) is 6.76. The molecular formula is C17H18BrFO2. The molecule has 0 aliphatic rings. The third-order valence-corrected chi connectivity index (χ3v) is 4.02. The summed E-state index contributed by atoms with van der Waals surface area (Å²) in [6, 6.07) is 12.4. The first-order valence-corrected chi connectivity index (χ1v) is 7.67. The lowest BCUT2D eigenvalue weighted by atomic mass is 10.0. The molecule has 0 spiro atoms. The van der Waals surface area contributed by atoms with Crippen LogP contribution < -0.4 is 9.47 Å². The summed E-state index contributed by atoms with van der Waals surface area (Å²) in [5.41, 5.74) is 1.44. The van der Waals surface area contributed by atoms with E-state index in [1.54, 1.807) is 12.1 Å². The van der Waals surface area contributed by atoms with Gasteiger partial charge in [-0.15, -0.1) is 0 Å². The summed E-state index contributed by atoms with van der Waals surface area (Å²) < 4.78 is 24.9. The van der Waals surface area contributed by atoms with Crippen LogP contribution in [0.1, 0.15) is 29.8 Å². The molecule has 0 amide bonds. The van der Waals surface area contributed by atoms with Crippen LogP contribution >= 0.6 is 15.9 Å². The molecule has 1 unspecified atom stereocenters. The van der Waals surface area contributed by atoms with Crippen LogP contribution in [0.15, 0.2) is 42.5 Å². The Morgan fingerprint density at radius 3 is 2.29 bits per heavy atom. The molecule has 0 bridgehead atoms. The summed E-state index contributed by atoms with van der Waals surface area (Å²) in [6.07, 6.45) is 0.127. The van der Waals surface area contributed by atoms with Gasteiger partial charge in [0.25, 0.3) is 0 Å². The molecule has 4 heteroatoms.